The first kappa shape index (κ1) is 15.1. The van der Waals surface area contributed by atoms with Gasteiger partial charge in [-0.1, -0.05) is 45.0 Å². The van der Waals surface area contributed by atoms with E-state index in [4.69, 9.17) is 0 Å². The summed E-state index contributed by atoms with van der Waals surface area (Å²) >= 11 is 0. The van der Waals surface area contributed by atoms with Crippen molar-refractivity contribution in [2.75, 3.05) is 0 Å². The second-order valence-electron chi connectivity index (χ2n) is 6.81. The third kappa shape index (κ3) is 3.62. The van der Waals surface area contributed by atoms with E-state index in [1.54, 1.807) is 0 Å². The number of carbonyl (C=O) groups is 1. The Balaban J connectivity index is 2.24. The Bertz CT molecular complexity index is 464. The summed E-state index contributed by atoms with van der Waals surface area (Å²) in [6, 6.07) is 8.60. The fourth-order valence-electron chi connectivity index (χ4n) is 3.47. The van der Waals surface area contributed by atoms with E-state index in [1.165, 1.54) is 11.1 Å². The first-order chi connectivity index (χ1) is 9.47. The molecule has 1 saturated carbocycles. The smallest absolute Gasteiger partial charge is 0.307 e. The van der Waals surface area contributed by atoms with Crippen LogP contribution in [0.15, 0.2) is 24.3 Å². The van der Waals surface area contributed by atoms with Gasteiger partial charge in [0.05, 0.1) is 5.92 Å². The van der Waals surface area contributed by atoms with Crippen LogP contribution >= 0.6 is 0 Å². The summed E-state index contributed by atoms with van der Waals surface area (Å²) in [5.41, 5.74) is 2.56. The van der Waals surface area contributed by atoms with Crippen molar-refractivity contribution in [1.82, 2.24) is 0 Å². The Morgan fingerprint density at radius 3 is 2.75 bits per heavy atom. The quantitative estimate of drug-likeness (QED) is 0.878. The highest BCUT2D eigenvalue weighted by atomic mass is 16.4. The van der Waals surface area contributed by atoms with Crippen LogP contribution in [-0.4, -0.2) is 11.1 Å². The predicted molar refractivity (Wildman–Crippen MR) is 81.9 cm³/mol. The molecule has 0 saturated heterocycles. The first-order valence-electron chi connectivity index (χ1n) is 7.79. The lowest BCUT2D eigenvalue weighted by Gasteiger charge is -2.33. The number of rotatable bonds is 4. The van der Waals surface area contributed by atoms with Crippen LogP contribution in [0.25, 0.3) is 0 Å². The maximum Gasteiger partial charge on any atom is 0.307 e. The molecule has 1 aromatic carbocycles. The van der Waals surface area contributed by atoms with Crippen LogP contribution in [-0.2, 0) is 11.2 Å². The lowest BCUT2D eigenvalue weighted by atomic mass is 9.71. The van der Waals surface area contributed by atoms with Crippen molar-refractivity contribution < 1.29 is 9.90 Å². The molecule has 0 aliphatic heterocycles. The van der Waals surface area contributed by atoms with Gasteiger partial charge in [-0.15, -0.1) is 0 Å². The van der Waals surface area contributed by atoms with E-state index in [2.05, 4.69) is 45.0 Å². The Labute approximate surface area is 122 Å². The molecule has 2 heteroatoms. The Morgan fingerprint density at radius 1 is 1.35 bits per heavy atom. The molecule has 0 spiro atoms. The maximum atomic E-state index is 11.5. The highest BCUT2D eigenvalue weighted by Gasteiger charge is 2.34. The SMILES string of the molecule is CC(C)Cc1cccc(C2CC(C)CCC2C(=O)O)c1. The van der Waals surface area contributed by atoms with Crippen molar-refractivity contribution in [3.63, 3.8) is 0 Å². The van der Waals surface area contributed by atoms with Gasteiger partial charge in [-0.05, 0) is 54.6 Å². The van der Waals surface area contributed by atoms with Crippen molar-refractivity contribution in [2.45, 2.75) is 52.4 Å². The van der Waals surface area contributed by atoms with Crippen LogP contribution < -0.4 is 0 Å². The third-order valence-electron chi connectivity index (χ3n) is 4.45. The first-order valence-corrected chi connectivity index (χ1v) is 7.79. The van der Waals surface area contributed by atoms with Crippen LogP contribution in [0.1, 0.15) is 57.1 Å². The van der Waals surface area contributed by atoms with E-state index in [1.807, 2.05) is 0 Å². The minimum atomic E-state index is -0.629. The summed E-state index contributed by atoms with van der Waals surface area (Å²) in [4.78, 5) is 11.5. The van der Waals surface area contributed by atoms with Gasteiger partial charge in [0.25, 0.3) is 0 Å². The number of carboxylic acids is 1. The number of benzene rings is 1. The van der Waals surface area contributed by atoms with Gasteiger partial charge < -0.3 is 5.11 Å². The normalized spacial score (nSPS) is 26.7. The molecule has 3 unspecified atom stereocenters. The molecule has 1 aliphatic carbocycles. The van der Waals surface area contributed by atoms with Crippen LogP contribution in [0.2, 0.25) is 0 Å². The minimum Gasteiger partial charge on any atom is -0.481 e. The van der Waals surface area contributed by atoms with E-state index in [0.29, 0.717) is 11.8 Å². The van der Waals surface area contributed by atoms with Gasteiger partial charge in [0.1, 0.15) is 0 Å². The lowest BCUT2D eigenvalue weighted by molar-refractivity contribution is -0.143. The fourth-order valence-corrected chi connectivity index (χ4v) is 3.47. The molecule has 3 atom stereocenters. The molecule has 2 rings (SSSR count). The zero-order valence-corrected chi connectivity index (χ0v) is 12.8. The molecule has 1 fully saturated rings. The van der Waals surface area contributed by atoms with E-state index >= 15 is 0 Å². The second kappa shape index (κ2) is 6.43. The van der Waals surface area contributed by atoms with Crippen molar-refractivity contribution >= 4 is 5.97 Å². The molecule has 0 aromatic heterocycles. The van der Waals surface area contributed by atoms with Crippen LogP contribution in [0.3, 0.4) is 0 Å². The number of aliphatic carboxylic acids is 1. The van der Waals surface area contributed by atoms with Gasteiger partial charge in [0.15, 0.2) is 0 Å². The molecular weight excluding hydrogens is 248 g/mol. The molecule has 0 radical (unpaired) electrons. The van der Waals surface area contributed by atoms with Gasteiger partial charge in [-0.3, -0.25) is 4.79 Å². The highest BCUT2D eigenvalue weighted by Crippen LogP contribution is 2.40. The molecule has 1 aromatic rings. The Kier molecular flexibility index (Phi) is 4.85. The van der Waals surface area contributed by atoms with Gasteiger partial charge >= 0.3 is 5.97 Å². The summed E-state index contributed by atoms with van der Waals surface area (Å²) in [7, 11) is 0. The van der Waals surface area contributed by atoms with Crippen molar-refractivity contribution in [3.8, 4) is 0 Å². The molecular formula is C18H26O2. The molecule has 0 bridgehead atoms. The average molecular weight is 274 g/mol. The van der Waals surface area contributed by atoms with Crippen molar-refractivity contribution in [2.24, 2.45) is 17.8 Å². The zero-order chi connectivity index (χ0) is 14.7. The molecule has 0 heterocycles. The van der Waals surface area contributed by atoms with Gasteiger partial charge in [0, 0.05) is 0 Å². The topological polar surface area (TPSA) is 37.3 Å². The lowest BCUT2D eigenvalue weighted by Crippen LogP contribution is -2.28. The van der Waals surface area contributed by atoms with Gasteiger partial charge in [-0.25, -0.2) is 0 Å². The summed E-state index contributed by atoms with van der Waals surface area (Å²) in [6.45, 7) is 6.67. The van der Waals surface area contributed by atoms with Gasteiger partial charge in [0.2, 0.25) is 0 Å². The largest absolute Gasteiger partial charge is 0.481 e. The number of carboxylic acid groups (broad SMARTS) is 1. The zero-order valence-electron chi connectivity index (χ0n) is 12.8. The third-order valence-corrected chi connectivity index (χ3v) is 4.45. The molecule has 20 heavy (non-hydrogen) atoms. The second-order valence-corrected chi connectivity index (χ2v) is 6.81. The molecule has 2 nitrogen and oxygen atoms in total. The van der Waals surface area contributed by atoms with Crippen molar-refractivity contribution in [1.29, 1.82) is 0 Å². The molecule has 0 amide bonds. The average Bonchev–Trinajstić information content (AvgIpc) is 2.37. The fraction of sp³-hybridized carbons (Fsp3) is 0.611. The predicted octanol–water partition coefficient (Wildman–Crippen LogP) is 4.49. The summed E-state index contributed by atoms with van der Waals surface area (Å²) < 4.78 is 0. The Hall–Kier alpha value is -1.31. The van der Waals surface area contributed by atoms with E-state index in [-0.39, 0.29) is 11.8 Å². The van der Waals surface area contributed by atoms with E-state index in [9.17, 15) is 9.90 Å². The number of hydrogen-bond donors (Lipinski definition) is 1. The standard InChI is InChI=1S/C18H26O2/c1-12(2)9-14-5-4-6-15(11-14)17-10-13(3)7-8-16(17)18(19)20/h4-6,11-13,16-17H,7-10H2,1-3H3,(H,19,20). The molecule has 1 aliphatic rings. The van der Waals surface area contributed by atoms with Crippen molar-refractivity contribution in [3.05, 3.63) is 35.4 Å². The summed E-state index contributed by atoms with van der Waals surface area (Å²) in [5.74, 6) is 0.607. The monoisotopic (exact) mass is 274 g/mol. The van der Waals surface area contributed by atoms with Crippen LogP contribution in [0.5, 0.6) is 0 Å². The van der Waals surface area contributed by atoms with E-state index < -0.39 is 5.97 Å². The maximum absolute atomic E-state index is 11.5. The summed E-state index contributed by atoms with van der Waals surface area (Å²) in [5, 5.41) is 9.47. The molecule has 110 valence electrons. The van der Waals surface area contributed by atoms with Crippen LogP contribution in [0, 0.1) is 17.8 Å². The minimum absolute atomic E-state index is 0.184. The van der Waals surface area contributed by atoms with Crippen LogP contribution in [0.4, 0.5) is 0 Å². The summed E-state index contributed by atoms with van der Waals surface area (Å²) in [6.07, 6.45) is 3.92. The van der Waals surface area contributed by atoms with Gasteiger partial charge in [-0.2, -0.15) is 0 Å². The molecule has 1 N–H and O–H groups in total. The number of hydrogen-bond acceptors (Lipinski definition) is 1. The highest BCUT2D eigenvalue weighted by molar-refractivity contribution is 5.71. The van der Waals surface area contributed by atoms with E-state index in [0.717, 1.165) is 25.7 Å². The Morgan fingerprint density at radius 2 is 2.10 bits per heavy atom.